The van der Waals surface area contributed by atoms with Crippen molar-refractivity contribution in [2.45, 2.75) is 53.8 Å². The third-order valence-corrected chi connectivity index (χ3v) is 3.30. The highest BCUT2D eigenvalue weighted by Gasteiger charge is 2.27. The molecule has 0 spiro atoms. The molecule has 1 saturated heterocycles. The zero-order valence-electron chi connectivity index (χ0n) is 13.1. The minimum atomic E-state index is 0.325. The van der Waals surface area contributed by atoms with Gasteiger partial charge < -0.3 is 10.1 Å². The molecule has 2 atom stereocenters. The van der Waals surface area contributed by atoms with Gasteiger partial charge in [0.25, 0.3) is 0 Å². The Morgan fingerprint density at radius 3 is 2.28 bits per heavy atom. The molecule has 0 aromatic rings. The van der Waals surface area contributed by atoms with E-state index in [2.05, 4.69) is 51.8 Å². The number of hydrogen-bond donors (Lipinski definition) is 1. The zero-order chi connectivity index (χ0) is 13.8. The summed E-state index contributed by atoms with van der Waals surface area (Å²) in [6, 6.07) is 0. The van der Waals surface area contributed by atoms with Crippen LogP contribution in [0.25, 0.3) is 0 Å². The van der Waals surface area contributed by atoms with Crippen LogP contribution in [0.15, 0.2) is 0 Å². The Labute approximate surface area is 113 Å². The molecule has 0 saturated carbocycles. The Kier molecular flexibility index (Phi) is 6.09. The van der Waals surface area contributed by atoms with Crippen molar-refractivity contribution in [2.24, 2.45) is 11.3 Å². The Morgan fingerprint density at radius 1 is 1.22 bits per heavy atom. The quantitative estimate of drug-likeness (QED) is 0.789. The van der Waals surface area contributed by atoms with Gasteiger partial charge in [-0.2, -0.15) is 0 Å². The summed E-state index contributed by atoms with van der Waals surface area (Å²) in [6.07, 6.45) is 0.737. The average molecular weight is 256 g/mol. The second-order valence-electron chi connectivity index (χ2n) is 7.14. The fourth-order valence-electron chi connectivity index (χ4n) is 2.77. The van der Waals surface area contributed by atoms with E-state index in [4.69, 9.17) is 4.74 Å². The van der Waals surface area contributed by atoms with Gasteiger partial charge in [-0.05, 0) is 31.7 Å². The van der Waals surface area contributed by atoms with E-state index in [1.165, 1.54) is 0 Å². The van der Waals surface area contributed by atoms with Crippen molar-refractivity contribution in [1.82, 2.24) is 10.2 Å². The first kappa shape index (κ1) is 15.9. The summed E-state index contributed by atoms with van der Waals surface area (Å²) in [6.45, 7) is 19.0. The smallest absolute Gasteiger partial charge is 0.0678 e. The Bertz CT molecular complexity index is 231. The first-order valence-corrected chi connectivity index (χ1v) is 7.37. The summed E-state index contributed by atoms with van der Waals surface area (Å²) in [5.41, 5.74) is 0.325. The van der Waals surface area contributed by atoms with E-state index in [0.29, 0.717) is 17.6 Å². The van der Waals surface area contributed by atoms with Gasteiger partial charge >= 0.3 is 0 Å². The molecule has 0 aromatic heterocycles. The number of hydrogen-bond acceptors (Lipinski definition) is 3. The summed E-state index contributed by atoms with van der Waals surface area (Å²) < 4.78 is 5.79. The summed E-state index contributed by atoms with van der Waals surface area (Å²) in [7, 11) is 0. The van der Waals surface area contributed by atoms with Gasteiger partial charge in [0, 0.05) is 26.2 Å². The number of morpholine rings is 1. The first-order valence-electron chi connectivity index (χ1n) is 7.37. The lowest BCUT2D eigenvalue weighted by Crippen LogP contribution is -2.50. The maximum absolute atomic E-state index is 5.79. The summed E-state index contributed by atoms with van der Waals surface area (Å²) in [5, 5.41) is 3.58. The molecule has 0 aliphatic carbocycles. The van der Waals surface area contributed by atoms with Gasteiger partial charge in [0.15, 0.2) is 0 Å². The molecule has 18 heavy (non-hydrogen) atoms. The minimum Gasteiger partial charge on any atom is -0.373 e. The second kappa shape index (κ2) is 6.88. The molecule has 1 fully saturated rings. The van der Waals surface area contributed by atoms with Gasteiger partial charge in [0.1, 0.15) is 0 Å². The summed E-state index contributed by atoms with van der Waals surface area (Å²) >= 11 is 0. The lowest BCUT2D eigenvalue weighted by Gasteiger charge is -2.39. The third-order valence-electron chi connectivity index (χ3n) is 3.30. The number of nitrogens with zero attached hydrogens (tertiary/aromatic N) is 1. The molecule has 3 heteroatoms. The lowest BCUT2D eigenvalue weighted by molar-refractivity contribution is -0.0755. The van der Waals surface area contributed by atoms with Crippen molar-refractivity contribution < 1.29 is 4.74 Å². The van der Waals surface area contributed by atoms with Gasteiger partial charge in [-0.1, -0.05) is 27.7 Å². The van der Waals surface area contributed by atoms with E-state index < -0.39 is 0 Å². The van der Waals surface area contributed by atoms with Gasteiger partial charge in [-0.25, -0.2) is 0 Å². The highest BCUT2D eigenvalue weighted by Crippen LogP contribution is 2.19. The molecular weight excluding hydrogens is 224 g/mol. The molecule has 2 unspecified atom stereocenters. The highest BCUT2D eigenvalue weighted by molar-refractivity contribution is 4.81. The second-order valence-corrected chi connectivity index (χ2v) is 7.14. The van der Waals surface area contributed by atoms with Crippen molar-refractivity contribution in [3.05, 3.63) is 0 Å². The maximum atomic E-state index is 5.79. The molecule has 108 valence electrons. The molecular formula is C15H32N2O. The number of rotatable bonds is 6. The predicted octanol–water partition coefficient (Wildman–Crippen LogP) is 2.37. The fourth-order valence-corrected chi connectivity index (χ4v) is 2.77. The van der Waals surface area contributed by atoms with E-state index in [1.54, 1.807) is 0 Å². The largest absolute Gasteiger partial charge is 0.373 e. The van der Waals surface area contributed by atoms with Gasteiger partial charge in [-0.15, -0.1) is 0 Å². The molecule has 1 aliphatic rings. The van der Waals surface area contributed by atoms with Crippen molar-refractivity contribution in [3.63, 3.8) is 0 Å². The normalized spacial score (nSPS) is 26.8. The molecule has 0 bridgehead atoms. The van der Waals surface area contributed by atoms with Crippen LogP contribution in [0, 0.1) is 11.3 Å². The van der Waals surface area contributed by atoms with Crippen molar-refractivity contribution in [1.29, 1.82) is 0 Å². The highest BCUT2D eigenvalue weighted by atomic mass is 16.5. The van der Waals surface area contributed by atoms with Crippen molar-refractivity contribution in [3.8, 4) is 0 Å². The molecule has 0 aromatic carbocycles. The standard InChI is InChI=1S/C15H32N2O/c1-12(2)7-16-10-15(5,6)11-17-8-13(3)18-14(4)9-17/h12-14,16H,7-11H2,1-6H3. The van der Waals surface area contributed by atoms with Crippen LogP contribution >= 0.6 is 0 Å². The van der Waals surface area contributed by atoms with Crippen LogP contribution in [-0.2, 0) is 4.74 Å². The van der Waals surface area contributed by atoms with Crippen LogP contribution in [0.3, 0.4) is 0 Å². The monoisotopic (exact) mass is 256 g/mol. The van der Waals surface area contributed by atoms with E-state index >= 15 is 0 Å². The van der Waals surface area contributed by atoms with Crippen LogP contribution < -0.4 is 5.32 Å². The molecule has 0 radical (unpaired) electrons. The predicted molar refractivity (Wildman–Crippen MR) is 77.9 cm³/mol. The van der Waals surface area contributed by atoms with Crippen LogP contribution in [-0.4, -0.2) is 49.8 Å². The molecule has 1 aliphatic heterocycles. The Morgan fingerprint density at radius 2 is 1.78 bits per heavy atom. The molecule has 1 heterocycles. The molecule has 0 amide bonds. The van der Waals surface area contributed by atoms with E-state index in [0.717, 1.165) is 38.6 Å². The maximum Gasteiger partial charge on any atom is 0.0678 e. The van der Waals surface area contributed by atoms with Gasteiger partial charge in [0.2, 0.25) is 0 Å². The average Bonchev–Trinajstić information content (AvgIpc) is 2.12. The van der Waals surface area contributed by atoms with Crippen LogP contribution in [0.1, 0.15) is 41.5 Å². The third kappa shape index (κ3) is 6.17. The Balaban J connectivity index is 2.34. The van der Waals surface area contributed by atoms with E-state index in [1.807, 2.05) is 0 Å². The summed E-state index contributed by atoms with van der Waals surface area (Å²) in [4.78, 5) is 2.55. The minimum absolute atomic E-state index is 0.325. The van der Waals surface area contributed by atoms with E-state index in [9.17, 15) is 0 Å². The van der Waals surface area contributed by atoms with Gasteiger partial charge in [-0.3, -0.25) is 4.90 Å². The van der Waals surface area contributed by atoms with E-state index in [-0.39, 0.29) is 0 Å². The summed E-state index contributed by atoms with van der Waals surface area (Å²) in [5.74, 6) is 0.726. The topological polar surface area (TPSA) is 24.5 Å². The van der Waals surface area contributed by atoms with Crippen LogP contribution in [0.4, 0.5) is 0 Å². The van der Waals surface area contributed by atoms with Crippen molar-refractivity contribution in [2.75, 3.05) is 32.7 Å². The lowest BCUT2D eigenvalue weighted by atomic mass is 9.92. The Hall–Kier alpha value is -0.120. The fraction of sp³-hybridized carbons (Fsp3) is 1.00. The number of ether oxygens (including phenoxy) is 1. The van der Waals surface area contributed by atoms with Crippen molar-refractivity contribution >= 4 is 0 Å². The molecule has 1 rings (SSSR count). The molecule has 3 nitrogen and oxygen atoms in total. The van der Waals surface area contributed by atoms with Crippen LogP contribution in [0.2, 0.25) is 0 Å². The van der Waals surface area contributed by atoms with Crippen LogP contribution in [0.5, 0.6) is 0 Å². The first-order chi connectivity index (χ1) is 8.28. The zero-order valence-corrected chi connectivity index (χ0v) is 13.1. The van der Waals surface area contributed by atoms with Gasteiger partial charge in [0.05, 0.1) is 12.2 Å². The SMILES string of the molecule is CC(C)CNCC(C)(C)CN1CC(C)OC(C)C1. The molecule has 1 N–H and O–H groups in total. The number of nitrogens with one attached hydrogen (secondary N) is 1.